The van der Waals surface area contributed by atoms with Crippen molar-refractivity contribution in [1.82, 2.24) is 10.2 Å². The Kier molecular flexibility index (Phi) is 6.31. The Morgan fingerprint density at radius 2 is 1.75 bits per heavy atom. The Bertz CT molecular complexity index is 674. The molecule has 2 rings (SSSR count). The summed E-state index contributed by atoms with van der Waals surface area (Å²) in [6.45, 7) is 0.0726. The van der Waals surface area contributed by atoms with Crippen LogP contribution in [0.25, 0.3) is 0 Å². The van der Waals surface area contributed by atoms with E-state index in [0.717, 1.165) is 5.56 Å². The van der Waals surface area contributed by atoms with Crippen molar-refractivity contribution >= 4 is 11.8 Å². The Balaban J connectivity index is 1.71. The minimum absolute atomic E-state index is 0.116. The molecule has 0 unspecified atom stereocenters. The van der Waals surface area contributed by atoms with Crippen molar-refractivity contribution in [2.24, 2.45) is 0 Å². The summed E-state index contributed by atoms with van der Waals surface area (Å²) in [5, 5.41) is 2.51. The molecule has 0 heterocycles. The van der Waals surface area contributed by atoms with E-state index in [-0.39, 0.29) is 30.8 Å². The molecule has 0 fully saturated rings. The Morgan fingerprint density at radius 3 is 2.42 bits per heavy atom. The Hall–Kier alpha value is -2.89. The number of para-hydroxylation sites is 1. The fourth-order valence-corrected chi connectivity index (χ4v) is 1.98. The van der Waals surface area contributed by atoms with Gasteiger partial charge in [-0.3, -0.25) is 9.59 Å². The third kappa shape index (κ3) is 5.72. The average Bonchev–Trinajstić information content (AvgIpc) is 2.60. The smallest absolute Gasteiger partial charge is 0.258 e. The summed E-state index contributed by atoms with van der Waals surface area (Å²) in [6, 6.07) is 14.9. The van der Waals surface area contributed by atoms with E-state index in [1.165, 1.54) is 17.0 Å². The minimum atomic E-state index is -0.373. The van der Waals surface area contributed by atoms with Gasteiger partial charge in [-0.1, -0.05) is 30.3 Å². The number of nitrogens with zero attached hydrogens (tertiary/aromatic N) is 1. The summed E-state index contributed by atoms with van der Waals surface area (Å²) in [6.07, 6.45) is 0. The lowest BCUT2D eigenvalue weighted by Crippen LogP contribution is -2.39. The lowest BCUT2D eigenvalue weighted by Gasteiger charge is -2.17. The number of benzene rings is 2. The normalized spacial score (nSPS) is 10.1. The van der Waals surface area contributed by atoms with Crippen LogP contribution in [0.15, 0.2) is 54.6 Å². The van der Waals surface area contributed by atoms with Crippen molar-refractivity contribution in [3.63, 3.8) is 0 Å². The molecule has 0 saturated heterocycles. The number of rotatable bonds is 7. The van der Waals surface area contributed by atoms with E-state index in [2.05, 4.69) is 5.32 Å². The number of amides is 2. The topological polar surface area (TPSA) is 58.6 Å². The number of hydrogen-bond acceptors (Lipinski definition) is 3. The Morgan fingerprint density at radius 1 is 1.08 bits per heavy atom. The van der Waals surface area contributed by atoms with E-state index in [9.17, 15) is 14.0 Å². The second-order valence-corrected chi connectivity index (χ2v) is 5.25. The van der Waals surface area contributed by atoms with E-state index >= 15 is 0 Å². The third-order valence-corrected chi connectivity index (χ3v) is 3.31. The standard InChI is InChI=1S/C18H19FN2O3/c1-21(12-14-7-9-15(19)10-8-14)18(23)11-20-17(22)13-24-16-5-3-2-4-6-16/h2-10H,11-13H2,1H3,(H,20,22). The molecule has 0 aliphatic carbocycles. The zero-order valence-electron chi connectivity index (χ0n) is 13.4. The van der Waals surface area contributed by atoms with E-state index in [0.29, 0.717) is 12.3 Å². The van der Waals surface area contributed by atoms with Gasteiger partial charge in [0.05, 0.1) is 6.54 Å². The van der Waals surface area contributed by atoms with E-state index in [1.807, 2.05) is 6.07 Å². The maximum absolute atomic E-state index is 12.8. The van der Waals surface area contributed by atoms with Gasteiger partial charge in [0.25, 0.3) is 5.91 Å². The fourth-order valence-electron chi connectivity index (χ4n) is 1.98. The number of carbonyl (C=O) groups is 2. The molecular formula is C18H19FN2O3. The van der Waals surface area contributed by atoms with Crippen LogP contribution in [0.2, 0.25) is 0 Å². The van der Waals surface area contributed by atoms with Crippen LogP contribution < -0.4 is 10.1 Å². The molecule has 5 nitrogen and oxygen atoms in total. The van der Waals surface area contributed by atoms with Crippen LogP contribution in [0.1, 0.15) is 5.56 Å². The molecule has 2 amide bonds. The fraction of sp³-hybridized carbons (Fsp3) is 0.222. The minimum Gasteiger partial charge on any atom is -0.484 e. The number of carbonyl (C=O) groups excluding carboxylic acids is 2. The quantitative estimate of drug-likeness (QED) is 0.844. The maximum atomic E-state index is 12.8. The molecule has 24 heavy (non-hydrogen) atoms. The first-order chi connectivity index (χ1) is 11.5. The van der Waals surface area contributed by atoms with Crippen molar-refractivity contribution in [3.8, 4) is 5.75 Å². The monoisotopic (exact) mass is 330 g/mol. The SMILES string of the molecule is CN(Cc1ccc(F)cc1)C(=O)CNC(=O)COc1ccccc1. The molecule has 2 aromatic rings. The van der Waals surface area contributed by atoms with Gasteiger partial charge in [0.15, 0.2) is 6.61 Å². The average molecular weight is 330 g/mol. The molecule has 6 heteroatoms. The maximum Gasteiger partial charge on any atom is 0.258 e. The van der Waals surface area contributed by atoms with Gasteiger partial charge in [0.2, 0.25) is 5.91 Å². The second-order valence-electron chi connectivity index (χ2n) is 5.25. The summed E-state index contributed by atoms with van der Waals surface area (Å²) in [5.41, 5.74) is 0.811. The van der Waals surface area contributed by atoms with Gasteiger partial charge in [-0.15, -0.1) is 0 Å². The van der Waals surface area contributed by atoms with Crippen LogP contribution in [0.5, 0.6) is 5.75 Å². The van der Waals surface area contributed by atoms with E-state index in [4.69, 9.17) is 4.74 Å². The third-order valence-electron chi connectivity index (χ3n) is 3.31. The number of halogens is 1. The Labute approximate surface area is 140 Å². The van der Waals surface area contributed by atoms with Crippen LogP contribution in [0, 0.1) is 5.82 Å². The number of likely N-dealkylation sites (N-methyl/N-ethyl adjacent to an activating group) is 1. The molecule has 0 aromatic heterocycles. The van der Waals surface area contributed by atoms with Crippen LogP contribution in [0.4, 0.5) is 4.39 Å². The van der Waals surface area contributed by atoms with Crippen molar-refractivity contribution in [2.45, 2.75) is 6.54 Å². The lowest BCUT2D eigenvalue weighted by atomic mass is 10.2. The highest BCUT2D eigenvalue weighted by Gasteiger charge is 2.11. The van der Waals surface area contributed by atoms with Crippen LogP contribution >= 0.6 is 0 Å². The molecule has 0 aliphatic rings. The molecule has 0 aliphatic heterocycles. The van der Waals surface area contributed by atoms with Crippen molar-refractivity contribution in [1.29, 1.82) is 0 Å². The summed E-state index contributed by atoms with van der Waals surface area (Å²) in [7, 11) is 1.62. The van der Waals surface area contributed by atoms with Gasteiger partial charge in [0, 0.05) is 13.6 Å². The van der Waals surface area contributed by atoms with Gasteiger partial charge in [-0.2, -0.15) is 0 Å². The first kappa shape index (κ1) is 17.5. The van der Waals surface area contributed by atoms with E-state index < -0.39 is 0 Å². The molecule has 0 spiro atoms. The highest BCUT2D eigenvalue weighted by molar-refractivity contribution is 5.85. The highest BCUT2D eigenvalue weighted by atomic mass is 19.1. The van der Waals surface area contributed by atoms with Gasteiger partial charge in [-0.25, -0.2) is 4.39 Å². The zero-order chi connectivity index (χ0) is 17.4. The van der Waals surface area contributed by atoms with Crippen molar-refractivity contribution < 1.29 is 18.7 Å². The van der Waals surface area contributed by atoms with Gasteiger partial charge < -0.3 is 15.0 Å². The molecular weight excluding hydrogens is 311 g/mol. The van der Waals surface area contributed by atoms with Crippen molar-refractivity contribution in [3.05, 3.63) is 66.0 Å². The summed E-state index contributed by atoms with van der Waals surface area (Å²) in [5.74, 6) is -0.347. The first-order valence-corrected chi connectivity index (χ1v) is 7.47. The second kappa shape index (κ2) is 8.67. The summed E-state index contributed by atoms with van der Waals surface area (Å²) in [4.78, 5) is 25.1. The molecule has 0 saturated carbocycles. The van der Waals surface area contributed by atoms with Gasteiger partial charge in [-0.05, 0) is 29.8 Å². The molecule has 1 N–H and O–H groups in total. The molecule has 0 bridgehead atoms. The van der Waals surface area contributed by atoms with Crippen LogP contribution in [-0.2, 0) is 16.1 Å². The predicted octanol–water partition coefficient (Wildman–Crippen LogP) is 1.98. The summed E-state index contributed by atoms with van der Waals surface area (Å²) < 4.78 is 18.1. The van der Waals surface area contributed by atoms with Gasteiger partial charge >= 0.3 is 0 Å². The first-order valence-electron chi connectivity index (χ1n) is 7.47. The van der Waals surface area contributed by atoms with Gasteiger partial charge in [0.1, 0.15) is 11.6 Å². The number of nitrogens with one attached hydrogen (secondary N) is 1. The molecule has 0 atom stereocenters. The molecule has 2 aromatic carbocycles. The predicted molar refractivity (Wildman–Crippen MR) is 87.8 cm³/mol. The van der Waals surface area contributed by atoms with E-state index in [1.54, 1.807) is 43.4 Å². The number of ether oxygens (including phenoxy) is 1. The molecule has 126 valence electrons. The summed E-state index contributed by atoms with van der Waals surface area (Å²) >= 11 is 0. The zero-order valence-corrected chi connectivity index (χ0v) is 13.4. The number of hydrogen-bond donors (Lipinski definition) is 1. The largest absolute Gasteiger partial charge is 0.484 e. The highest BCUT2D eigenvalue weighted by Crippen LogP contribution is 2.07. The molecule has 0 radical (unpaired) electrons. The van der Waals surface area contributed by atoms with Crippen molar-refractivity contribution in [2.75, 3.05) is 20.2 Å². The van der Waals surface area contributed by atoms with Crippen LogP contribution in [0.3, 0.4) is 0 Å². The van der Waals surface area contributed by atoms with Crippen LogP contribution in [-0.4, -0.2) is 36.9 Å². The lowest BCUT2D eigenvalue weighted by molar-refractivity contribution is -0.132.